The van der Waals surface area contributed by atoms with Gasteiger partial charge in [-0.2, -0.15) is 0 Å². The molecule has 4 heteroatoms. The van der Waals surface area contributed by atoms with Crippen LogP contribution in [0.2, 0.25) is 0 Å². The molecule has 0 aliphatic heterocycles. The summed E-state index contributed by atoms with van der Waals surface area (Å²) in [6.45, 7) is 0.842. The van der Waals surface area contributed by atoms with Gasteiger partial charge in [0.1, 0.15) is 11.6 Å². The Labute approximate surface area is 121 Å². The van der Waals surface area contributed by atoms with E-state index in [1.807, 2.05) is 18.2 Å². The summed E-state index contributed by atoms with van der Waals surface area (Å²) in [7, 11) is 3.86. The summed E-state index contributed by atoms with van der Waals surface area (Å²) in [6.07, 6.45) is 6.60. The van der Waals surface area contributed by atoms with Crippen molar-refractivity contribution < 1.29 is 4.74 Å². The highest BCUT2D eigenvalue weighted by molar-refractivity contribution is 5.95. The Morgan fingerprint density at radius 1 is 1.35 bits per heavy atom. The van der Waals surface area contributed by atoms with Gasteiger partial charge >= 0.3 is 0 Å². The van der Waals surface area contributed by atoms with Gasteiger partial charge in [-0.05, 0) is 38.1 Å². The lowest BCUT2D eigenvalue weighted by molar-refractivity contribution is 0.183. The molecule has 1 fully saturated rings. The van der Waals surface area contributed by atoms with E-state index in [0.29, 0.717) is 6.04 Å². The lowest BCUT2D eigenvalue weighted by Crippen LogP contribution is -2.33. The van der Waals surface area contributed by atoms with E-state index in [9.17, 15) is 0 Å². The minimum absolute atomic E-state index is 0.106. The highest BCUT2D eigenvalue weighted by Gasteiger charge is 2.19. The van der Waals surface area contributed by atoms with E-state index in [2.05, 4.69) is 11.9 Å². The van der Waals surface area contributed by atoms with Crippen molar-refractivity contribution in [3.63, 3.8) is 0 Å². The van der Waals surface area contributed by atoms with E-state index < -0.39 is 0 Å². The van der Waals surface area contributed by atoms with Gasteiger partial charge in [0.2, 0.25) is 0 Å². The van der Waals surface area contributed by atoms with Crippen molar-refractivity contribution in [2.75, 3.05) is 14.2 Å². The fourth-order valence-electron chi connectivity index (χ4n) is 2.99. The molecule has 1 aromatic carbocycles. The summed E-state index contributed by atoms with van der Waals surface area (Å²) >= 11 is 0. The molecule has 1 aliphatic carbocycles. The molecule has 4 nitrogen and oxygen atoms in total. The Hall–Kier alpha value is -1.55. The number of rotatable bonds is 5. The minimum Gasteiger partial charge on any atom is -0.496 e. The molecule has 0 spiro atoms. The van der Waals surface area contributed by atoms with E-state index in [-0.39, 0.29) is 5.84 Å². The number of nitrogens with zero attached hydrogens (tertiary/aromatic N) is 1. The van der Waals surface area contributed by atoms with Crippen molar-refractivity contribution in [1.29, 1.82) is 5.41 Å². The van der Waals surface area contributed by atoms with Crippen LogP contribution in [0.25, 0.3) is 0 Å². The van der Waals surface area contributed by atoms with Gasteiger partial charge in [-0.3, -0.25) is 10.3 Å². The number of ether oxygens (including phenoxy) is 1. The zero-order valence-electron chi connectivity index (χ0n) is 12.5. The largest absolute Gasteiger partial charge is 0.496 e. The molecule has 0 atom stereocenters. The van der Waals surface area contributed by atoms with Gasteiger partial charge in [0.25, 0.3) is 0 Å². The van der Waals surface area contributed by atoms with Crippen molar-refractivity contribution in [3.8, 4) is 5.75 Å². The van der Waals surface area contributed by atoms with Crippen LogP contribution in [0.15, 0.2) is 18.2 Å². The minimum atomic E-state index is 0.106. The Balaban J connectivity index is 2.13. The van der Waals surface area contributed by atoms with Crippen molar-refractivity contribution in [3.05, 3.63) is 29.3 Å². The summed E-state index contributed by atoms with van der Waals surface area (Å²) in [5, 5.41) is 7.56. The molecular formula is C16H25N3O. The quantitative estimate of drug-likeness (QED) is 0.641. The maximum atomic E-state index is 7.56. The first-order valence-electron chi connectivity index (χ1n) is 7.33. The average molecular weight is 275 g/mol. The monoisotopic (exact) mass is 275 g/mol. The first-order chi connectivity index (χ1) is 9.61. The predicted molar refractivity (Wildman–Crippen MR) is 82.4 cm³/mol. The molecule has 0 unspecified atom stereocenters. The van der Waals surface area contributed by atoms with E-state index in [4.69, 9.17) is 15.9 Å². The lowest BCUT2D eigenvalue weighted by atomic mass is 9.94. The fraction of sp³-hybridized carbons (Fsp3) is 0.562. The standard InChI is InChI=1S/C16H25N3O/c1-19(14-6-4-3-5-7-14)11-13-10-12(16(17)18)8-9-15(13)20-2/h8-10,14H,3-7,11H2,1-2H3,(H3,17,18). The average Bonchev–Trinajstić information content (AvgIpc) is 2.48. The van der Waals surface area contributed by atoms with Crippen LogP contribution in [0.5, 0.6) is 5.75 Å². The van der Waals surface area contributed by atoms with Crippen LogP contribution in [0.4, 0.5) is 0 Å². The summed E-state index contributed by atoms with van der Waals surface area (Å²) in [4.78, 5) is 2.40. The summed E-state index contributed by atoms with van der Waals surface area (Å²) in [6, 6.07) is 6.38. The van der Waals surface area contributed by atoms with Crippen molar-refractivity contribution in [2.24, 2.45) is 5.73 Å². The lowest BCUT2D eigenvalue weighted by Gasteiger charge is -2.31. The van der Waals surface area contributed by atoms with Gasteiger partial charge in [0, 0.05) is 23.7 Å². The third kappa shape index (κ3) is 3.51. The molecule has 0 aromatic heterocycles. The molecule has 3 N–H and O–H groups in total. The van der Waals surface area contributed by atoms with Crippen molar-refractivity contribution in [2.45, 2.75) is 44.7 Å². The normalized spacial score (nSPS) is 16.4. The summed E-state index contributed by atoms with van der Waals surface area (Å²) in [5.41, 5.74) is 7.44. The molecule has 20 heavy (non-hydrogen) atoms. The zero-order valence-corrected chi connectivity index (χ0v) is 12.5. The maximum Gasteiger partial charge on any atom is 0.123 e. The number of methoxy groups -OCH3 is 1. The second-order valence-electron chi connectivity index (χ2n) is 5.65. The summed E-state index contributed by atoms with van der Waals surface area (Å²) in [5.74, 6) is 0.979. The number of hydrogen-bond donors (Lipinski definition) is 2. The van der Waals surface area contributed by atoms with Crippen LogP contribution in [0.3, 0.4) is 0 Å². The van der Waals surface area contributed by atoms with E-state index in [1.54, 1.807) is 7.11 Å². The molecule has 0 bridgehead atoms. The molecule has 2 rings (SSSR count). The molecule has 110 valence electrons. The van der Waals surface area contributed by atoms with Crippen molar-refractivity contribution in [1.82, 2.24) is 4.90 Å². The van der Waals surface area contributed by atoms with Crippen LogP contribution in [0.1, 0.15) is 43.2 Å². The second kappa shape index (κ2) is 6.75. The van der Waals surface area contributed by atoms with E-state index in [1.165, 1.54) is 32.1 Å². The number of nitrogens with two attached hydrogens (primary N) is 1. The molecule has 1 aliphatic rings. The first kappa shape index (κ1) is 14.9. The highest BCUT2D eigenvalue weighted by Crippen LogP contribution is 2.26. The predicted octanol–water partition coefficient (Wildman–Crippen LogP) is 2.74. The topological polar surface area (TPSA) is 62.3 Å². The second-order valence-corrected chi connectivity index (χ2v) is 5.65. The van der Waals surface area contributed by atoms with Gasteiger partial charge in [0.15, 0.2) is 0 Å². The van der Waals surface area contributed by atoms with Gasteiger partial charge in [-0.15, -0.1) is 0 Å². The molecule has 0 amide bonds. The molecule has 0 heterocycles. The smallest absolute Gasteiger partial charge is 0.123 e. The summed E-state index contributed by atoms with van der Waals surface area (Å²) < 4.78 is 5.43. The van der Waals surface area contributed by atoms with Crippen LogP contribution < -0.4 is 10.5 Å². The van der Waals surface area contributed by atoms with Gasteiger partial charge in [-0.25, -0.2) is 0 Å². The highest BCUT2D eigenvalue weighted by atomic mass is 16.5. The maximum absolute atomic E-state index is 7.56. The molecule has 0 saturated heterocycles. The molecule has 1 aromatic rings. The first-order valence-corrected chi connectivity index (χ1v) is 7.33. The Morgan fingerprint density at radius 2 is 2.05 bits per heavy atom. The van der Waals surface area contributed by atoms with Crippen LogP contribution in [-0.2, 0) is 6.54 Å². The number of amidine groups is 1. The van der Waals surface area contributed by atoms with Gasteiger partial charge < -0.3 is 10.5 Å². The number of hydrogen-bond acceptors (Lipinski definition) is 3. The van der Waals surface area contributed by atoms with Crippen molar-refractivity contribution >= 4 is 5.84 Å². The molecular weight excluding hydrogens is 250 g/mol. The Kier molecular flexibility index (Phi) is 5.01. The Morgan fingerprint density at radius 3 is 2.65 bits per heavy atom. The number of nitrogen functional groups attached to an aromatic ring is 1. The Bertz CT molecular complexity index is 467. The molecule has 1 saturated carbocycles. The van der Waals surface area contributed by atoms with Crippen LogP contribution in [0, 0.1) is 5.41 Å². The fourth-order valence-corrected chi connectivity index (χ4v) is 2.99. The van der Waals surface area contributed by atoms with Crippen LogP contribution in [-0.4, -0.2) is 30.9 Å². The number of benzene rings is 1. The molecule has 0 radical (unpaired) electrons. The SMILES string of the molecule is COc1ccc(C(=N)N)cc1CN(C)C1CCCCC1. The third-order valence-corrected chi connectivity index (χ3v) is 4.21. The zero-order chi connectivity index (χ0) is 14.5. The van der Waals surface area contributed by atoms with E-state index >= 15 is 0 Å². The van der Waals surface area contributed by atoms with Gasteiger partial charge in [-0.1, -0.05) is 19.3 Å². The third-order valence-electron chi connectivity index (χ3n) is 4.21. The van der Waals surface area contributed by atoms with Crippen LogP contribution >= 0.6 is 0 Å². The van der Waals surface area contributed by atoms with E-state index in [0.717, 1.165) is 23.4 Å². The number of nitrogens with one attached hydrogen (secondary N) is 1. The van der Waals surface area contributed by atoms with Gasteiger partial charge in [0.05, 0.1) is 7.11 Å².